The molecule has 4 rings (SSSR count). The third kappa shape index (κ3) is 3.86. The fraction of sp³-hybridized carbons (Fsp3) is 0.300. The van der Waals surface area contributed by atoms with Crippen molar-refractivity contribution >= 4 is 17.2 Å². The molecular formula is C20H21N3O2S. The van der Waals surface area contributed by atoms with Gasteiger partial charge in [0.1, 0.15) is 5.76 Å². The first-order valence-electron chi connectivity index (χ1n) is 8.85. The van der Waals surface area contributed by atoms with Crippen molar-refractivity contribution in [3.8, 4) is 10.6 Å². The van der Waals surface area contributed by atoms with E-state index in [1.807, 2.05) is 47.4 Å². The Bertz CT molecular complexity index is 845. The molecule has 26 heavy (non-hydrogen) atoms. The summed E-state index contributed by atoms with van der Waals surface area (Å²) in [5.74, 6) is 1.10. The molecule has 0 spiro atoms. The van der Waals surface area contributed by atoms with E-state index in [1.54, 1.807) is 12.5 Å². The quantitative estimate of drug-likeness (QED) is 0.705. The lowest BCUT2D eigenvalue weighted by molar-refractivity contribution is 0.0765. The monoisotopic (exact) mass is 367 g/mol. The van der Waals surface area contributed by atoms with Crippen LogP contribution in [0.1, 0.15) is 21.9 Å². The lowest BCUT2D eigenvalue weighted by atomic mass is 10.3. The minimum absolute atomic E-state index is 0.122. The smallest absolute Gasteiger partial charge is 0.263 e. The van der Waals surface area contributed by atoms with E-state index in [4.69, 9.17) is 4.42 Å². The van der Waals surface area contributed by atoms with E-state index < -0.39 is 0 Å². The lowest BCUT2D eigenvalue weighted by Gasteiger charge is -2.21. The van der Waals surface area contributed by atoms with E-state index >= 15 is 0 Å². The molecule has 1 aliphatic heterocycles. The summed E-state index contributed by atoms with van der Waals surface area (Å²) in [5.41, 5.74) is 0.914. The van der Waals surface area contributed by atoms with Crippen molar-refractivity contribution in [2.75, 3.05) is 26.2 Å². The van der Waals surface area contributed by atoms with Crippen LogP contribution in [-0.4, -0.2) is 46.9 Å². The largest absolute Gasteiger partial charge is 0.468 e. The van der Waals surface area contributed by atoms with Crippen molar-refractivity contribution in [2.45, 2.75) is 13.0 Å². The second-order valence-electron chi connectivity index (χ2n) is 6.38. The van der Waals surface area contributed by atoms with Crippen LogP contribution >= 0.6 is 11.3 Å². The van der Waals surface area contributed by atoms with E-state index in [0.29, 0.717) is 0 Å². The summed E-state index contributed by atoms with van der Waals surface area (Å²) in [6, 6.07) is 13.7. The molecule has 0 saturated carbocycles. The second kappa shape index (κ2) is 7.85. The van der Waals surface area contributed by atoms with Gasteiger partial charge in [-0.3, -0.25) is 14.7 Å². The Morgan fingerprint density at radius 3 is 2.85 bits per heavy atom. The van der Waals surface area contributed by atoms with Crippen LogP contribution in [-0.2, 0) is 6.54 Å². The molecule has 6 heteroatoms. The molecule has 1 fully saturated rings. The van der Waals surface area contributed by atoms with Crippen molar-refractivity contribution in [3.63, 3.8) is 0 Å². The molecule has 1 aliphatic rings. The molecule has 1 amide bonds. The SMILES string of the molecule is O=C(c1ccc(-c2ccccn2)s1)N1CCCN(Cc2ccco2)CC1. The molecule has 0 N–H and O–H groups in total. The number of pyridine rings is 1. The minimum Gasteiger partial charge on any atom is -0.468 e. The van der Waals surface area contributed by atoms with E-state index in [2.05, 4.69) is 9.88 Å². The summed E-state index contributed by atoms with van der Waals surface area (Å²) < 4.78 is 5.44. The van der Waals surface area contributed by atoms with Gasteiger partial charge in [0, 0.05) is 32.4 Å². The van der Waals surface area contributed by atoms with Crippen LogP contribution in [0.25, 0.3) is 10.6 Å². The number of nitrogens with zero attached hydrogens (tertiary/aromatic N) is 3. The van der Waals surface area contributed by atoms with Gasteiger partial charge in [0.2, 0.25) is 0 Å². The maximum atomic E-state index is 12.9. The number of carbonyl (C=O) groups excluding carboxylic acids is 1. The Balaban J connectivity index is 1.40. The van der Waals surface area contributed by atoms with Gasteiger partial charge in [-0.15, -0.1) is 11.3 Å². The number of thiophene rings is 1. The van der Waals surface area contributed by atoms with E-state index in [-0.39, 0.29) is 5.91 Å². The Labute approximate surface area is 156 Å². The van der Waals surface area contributed by atoms with Crippen molar-refractivity contribution in [2.24, 2.45) is 0 Å². The normalized spacial score (nSPS) is 15.8. The van der Waals surface area contributed by atoms with Crippen LogP contribution in [0.15, 0.2) is 59.3 Å². The lowest BCUT2D eigenvalue weighted by Crippen LogP contribution is -2.34. The molecule has 1 saturated heterocycles. The zero-order valence-corrected chi connectivity index (χ0v) is 15.3. The second-order valence-corrected chi connectivity index (χ2v) is 7.46. The van der Waals surface area contributed by atoms with Gasteiger partial charge in [0.25, 0.3) is 5.91 Å². The first kappa shape index (κ1) is 17.0. The summed E-state index contributed by atoms with van der Waals surface area (Å²) in [7, 11) is 0. The van der Waals surface area contributed by atoms with Gasteiger partial charge in [-0.2, -0.15) is 0 Å². The molecule has 0 aliphatic carbocycles. The fourth-order valence-electron chi connectivity index (χ4n) is 3.21. The number of hydrogen-bond acceptors (Lipinski definition) is 5. The average Bonchev–Trinajstić information content (AvgIpc) is 3.31. The topological polar surface area (TPSA) is 49.6 Å². The van der Waals surface area contributed by atoms with Crippen molar-refractivity contribution in [3.05, 3.63) is 65.6 Å². The maximum absolute atomic E-state index is 12.9. The molecule has 0 radical (unpaired) electrons. The summed E-state index contributed by atoms with van der Waals surface area (Å²) >= 11 is 1.52. The fourth-order valence-corrected chi connectivity index (χ4v) is 4.16. The van der Waals surface area contributed by atoms with E-state index in [1.165, 1.54) is 11.3 Å². The number of furan rings is 1. The van der Waals surface area contributed by atoms with Gasteiger partial charge in [-0.25, -0.2) is 0 Å². The van der Waals surface area contributed by atoms with Crippen LogP contribution in [0.3, 0.4) is 0 Å². The van der Waals surface area contributed by atoms with Crippen LogP contribution in [0.4, 0.5) is 0 Å². The van der Waals surface area contributed by atoms with Crippen LogP contribution < -0.4 is 0 Å². The first-order chi connectivity index (χ1) is 12.8. The number of hydrogen-bond donors (Lipinski definition) is 0. The minimum atomic E-state index is 0.122. The molecule has 3 aromatic rings. The molecule has 0 atom stereocenters. The Morgan fingerprint density at radius 1 is 1.08 bits per heavy atom. The van der Waals surface area contributed by atoms with E-state index in [9.17, 15) is 4.79 Å². The molecule has 0 bridgehead atoms. The Hall–Kier alpha value is -2.44. The van der Waals surface area contributed by atoms with Gasteiger partial charge in [-0.05, 0) is 42.8 Å². The molecular weight excluding hydrogens is 346 g/mol. The third-order valence-corrected chi connectivity index (χ3v) is 5.67. The highest BCUT2D eigenvalue weighted by Gasteiger charge is 2.22. The molecule has 0 aromatic carbocycles. The number of carbonyl (C=O) groups is 1. The molecule has 134 valence electrons. The average molecular weight is 367 g/mol. The number of aromatic nitrogens is 1. The van der Waals surface area contributed by atoms with Crippen molar-refractivity contribution in [1.29, 1.82) is 0 Å². The first-order valence-corrected chi connectivity index (χ1v) is 9.66. The van der Waals surface area contributed by atoms with Gasteiger partial charge in [-0.1, -0.05) is 6.07 Å². The van der Waals surface area contributed by atoms with Crippen LogP contribution in [0.2, 0.25) is 0 Å². The highest BCUT2D eigenvalue weighted by atomic mass is 32.1. The van der Waals surface area contributed by atoms with Crippen molar-refractivity contribution < 1.29 is 9.21 Å². The highest BCUT2D eigenvalue weighted by Crippen LogP contribution is 2.27. The van der Waals surface area contributed by atoms with Crippen LogP contribution in [0.5, 0.6) is 0 Å². The molecule has 3 aromatic heterocycles. The molecule has 5 nitrogen and oxygen atoms in total. The summed E-state index contributed by atoms with van der Waals surface area (Å²) in [4.78, 5) is 23.4. The summed E-state index contributed by atoms with van der Waals surface area (Å²) in [6.45, 7) is 4.19. The summed E-state index contributed by atoms with van der Waals surface area (Å²) in [5, 5.41) is 0. The molecule has 0 unspecified atom stereocenters. The predicted molar refractivity (Wildman–Crippen MR) is 102 cm³/mol. The zero-order valence-electron chi connectivity index (χ0n) is 14.5. The van der Waals surface area contributed by atoms with Crippen molar-refractivity contribution in [1.82, 2.24) is 14.8 Å². The standard InChI is InChI=1S/C20H21N3O2S/c24-20(19-8-7-18(26-19)17-6-1-2-9-21-17)23-11-4-10-22(12-13-23)15-16-5-3-14-25-16/h1-3,5-9,14H,4,10-13,15H2. The highest BCUT2D eigenvalue weighted by molar-refractivity contribution is 7.17. The third-order valence-electron chi connectivity index (χ3n) is 4.57. The van der Waals surface area contributed by atoms with Gasteiger partial charge < -0.3 is 9.32 Å². The Kier molecular flexibility index (Phi) is 5.13. The van der Waals surface area contributed by atoms with Gasteiger partial charge >= 0.3 is 0 Å². The zero-order chi connectivity index (χ0) is 17.8. The Morgan fingerprint density at radius 2 is 2.04 bits per heavy atom. The predicted octanol–water partition coefficient (Wildman–Crippen LogP) is 3.75. The van der Waals surface area contributed by atoms with Crippen LogP contribution in [0, 0.1) is 0 Å². The number of rotatable bonds is 4. The van der Waals surface area contributed by atoms with Gasteiger partial charge in [0.15, 0.2) is 0 Å². The number of amides is 1. The maximum Gasteiger partial charge on any atom is 0.263 e. The molecule has 4 heterocycles. The van der Waals surface area contributed by atoms with E-state index in [0.717, 1.165) is 60.4 Å². The summed E-state index contributed by atoms with van der Waals surface area (Å²) in [6.07, 6.45) is 4.46. The van der Waals surface area contributed by atoms with Gasteiger partial charge in [0.05, 0.1) is 28.3 Å².